The monoisotopic (exact) mass is 448 g/mol. The van der Waals surface area contributed by atoms with Crippen molar-refractivity contribution in [2.75, 3.05) is 12.8 Å². The van der Waals surface area contributed by atoms with E-state index in [4.69, 9.17) is 0 Å². The molecule has 9 heteroatoms. The molecule has 4 rings (SSSR count). The van der Waals surface area contributed by atoms with Gasteiger partial charge in [0.1, 0.15) is 5.69 Å². The normalized spacial score (nSPS) is 17.5. The minimum Gasteiger partial charge on any atom is -0.335 e. The SMILES string of the molecule is CSc1ncc(CN2CCC[C@H]2Cn2c(C(F)(F)F)cc(=O)c3cc(C)ccc32)cn1. The number of thioether (sulfide) groups is 1. The lowest BCUT2D eigenvalue weighted by atomic mass is 10.1. The summed E-state index contributed by atoms with van der Waals surface area (Å²) in [6, 6.07) is 5.68. The fourth-order valence-corrected chi connectivity index (χ4v) is 4.53. The first-order chi connectivity index (χ1) is 14.8. The summed E-state index contributed by atoms with van der Waals surface area (Å²) >= 11 is 1.46. The molecule has 0 N–H and O–H groups in total. The van der Waals surface area contributed by atoms with Crippen molar-refractivity contribution in [3.8, 4) is 0 Å². The summed E-state index contributed by atoms with van der Waals surface area (Å²) in [7, 11) is 0. The van der Waals surface area contributed by atoms with Crippen LogP contribution >= 0.6 is 11.8 Å². The summed E-state index contributed by atoms with van der Waals surface area (Å²) in [5.74, 6) is 0. The van der Waals surface area contributed by atoms with Gasteiger partial charge in [0.2, 0.25) is 0 Å². The van der Waals surface area contributed by atoms with Crippen LogP contribution in [0.4, 0.5) is 13.2 Å². The Balaban J connectivity index is 1.69. The van der Waals surface area contributed by atoms with Gasteiger partial charge in [-0.05, 0) is 44.7 Å². The van der Waals surface area contributed by atoms with E-state index >= 15 is 0 Å². The highest BCUT2D eigenvalue weighted by Crippen LogP contribution is 2.32. The predicted octanol–water partition coefficient (Wildman–Crippen LogP) is 4.51. The van der Waals surface area contributed by atoms with Gasteiger partial charge in [-0.1, -0.05) is 23.4 Å². The van der Waals surface area contributed by atoms with E-state index in [-0.39, 0.29) is 12.6 Å². The number of nitrogens with zero attached hydrogens (tertiary/aromatic N) is 4. The van der Waals surface area contributed by atoms with E-state index in [9.17, 15) is 18.0 Å². The van der Waals surface area contributed by atoms with Crippen LogP contribution in [0.15, 0.2) is 46.6 Å². The quantitative estimate of drug-likeness (QED) is 0.425. The Bertz CT molecular complexity index is 1140. The largest absolute Gasteiger partial charge is 0.431 e. The van der Waals surface area contributed by atoms with Crippen LogP contribution < -0.4 is 5.43 Å². The van der Waals surface area contributed by atoms with Crippen LogP contribution in [0.3, 0.4) is 0 Å². The number of benzene rings is 1. The Labute approximate surface area is 182 Å². The highest BCUT2D eigenvalue weighted by Gasteiger charge is 2.36. The number of hydrogen-bond acceptors (Lipinski definition) is 5. The van der Waals surface area contributed by atoms with Crippen LogP contribution in [-0.2, 0) is 19.3 Å². The first-order valence-corrected chi connectivity index (χ1v) is 11.3. The molecule has 1 aromatic carbocycles. The molecule has 1 saturated heterocycles. The molecule has 5 nitrogen and oxygen atoms in total. The van der Waals surface area contributed by atoms with Gasteiger partial charge in [-0.2, -0.15) is 13.2 Å². The molecule has 0 amide bonds. The van der Waals surface area contributed by atoms with Gasteiger partial charge in [0.25, 0.3) is 0 Å². The fraction of sp³-hybridized carbons (Fsp3) is 0.409. The standard InChI is InChI=1S/C22H23F3N4OS/c1-14-5-6-18-17(8-14)19(30)9-20(22(23,24)25)29(18)13-16-4-3-7-28(16)12-15-10-26-21(31-2)27-11-15/h5-6,8-11,16H,3-4,7,12-13H2,1-2H3/t16-/m0/s1. The highest BCUT2D eigenvalue weighted by atomic mass is 32.2. The van der Waals surface area contributed by atoms with Crippen molar-refractivity contribution in [3.63, 3.8) is 0 Å². The Kier molecular flexibility index (Phi) is 6.07. The van der Waals surface area contributed by atoms with Crippen LogP contribution in [0.1, 0.15) is 29.7 Å². The molecule has 1 aliphatic rings. The topological polar surface area (TPSA) is 51.0 Å². The number of hydrogen-bond donors (Lipinski definition) is 0. The van der Waals surface area contributed by atoms with E-state index in [1.54, 1.807) is 30.6 Å². The van der Waals surface area contributed by atoms with Crippen LogP contribution in [-0.4, -0.2) is 38.3 Å². The lowest BCUT2D eigenvalue weighted by Crippen LogP contribution is -2.35. The number of alkyl halides is 3. The molecular weight excluding hydrogens is 425 g/mol. The number of rotatable bonds is 5. The number of aromatic nitrogens is 3. The maximum atomic E-state index is 13.8. The summed E-state index contributed by atoms with van der Waals surface area (Å²) in [5.41, 5.74) is 0.600. The third-order valence-corrected chi connectivity index (χ3v) is 6.28. The molecular formula is C22H23F3N4OS. The van der Waals surface area contributed by atoms with Gasteiger partial charge in [0.05, 0.1) is 5.52 Å². The number of fused-ring (bicyclic) bond motifs is 1. The molecule has 2 aromatic heterocycles. The van der Waals surface area contributed by atoms with Gasteiger partial charge < -0.3 is 4.57 Å². The number of halogens is 3. The van der Waals surface area contributed by atoms with Gasteiger partial charge in [-0.25, -0.2) is 9.97 Å². The van der Waals surface area contributed by atoms with Gasteiger partial charge in [-0.15, -0.1) is 0 Å². The highest BCUT2D eigenvalue weighted by molar-refractivity contribution is 7.98. The van der Waals surface area contributed by atoms with Crippen LogP contribution in [0, 0.1) is 6.92 Å². The zero-order chi connectivity index (χ0) is 22.2. The fourth-order valence-electron chi connectivity index (χ4n) is 4.21. The molecule has 31 heavy (non-hydrogen) atoms. The zero-order valence-corrected chi connectivity index (χ0v) is 18.1. The van der Waals surface area contributed by atoms with Crippen LogP contribution in [0.25, 0.3) is 10.9 Å². The summed E-state index contributed by atoms with van der Waals surface area (Å²) in [6.45, 7) is 3.37. The Morgan fingerprint density at radius 3 is 2.61 bits per heavy atom. The van der Waals surface area contributed by atoms with E-state index in [0.717, 1.165) is 36.6 Å². The molecule has 0 unspecified atom stereocenters. The Morgan fingerprint density at radius 1 is 1.19 bits per heavy atom. The minimum atomic E-state index is -4.61. The van der Waals surface area contributed by atoms with E-state index in [0.29, 0.717) is 22.6 Å². The Morgan fingerprint density at radius 2 is 1.94 bits per heavy atom. The maximum Gasteiger partial charge on any atom is 0.431 e. The summed E-state index contributed by atoms with van der Waals surface area (Å²) < 4.78 is 42.8. The van der Waals surface area contributed by atoms with E-state index in [1.807, 2.05) is 13.2 Å². The second kappa shape index (κ2) is 8.63. The van der Waals surface area contributed by atoms with Gasteiger partial charge in [-0.3, -0.25) is 9.69 Å². The third kappa shape index (κ3) is 4.62. The van der Waals surface area contributed by atoms with Crippen molar-refractivity contribution in [2.24, 2.45) is 0 Å². The smallest absolute Gasteiger partial charge is 0.335 e. The van der Waals surface area contributed by atoms with Crippen molar-refractivity contribution in [3.05, 3.63) is 63.7 Å². The molecule has 0 radical (unpaired) electrons. The van der Waals surface area contributed by atoms with Gasteiger partial charge in [0.15, 0.2) is 10.6 Å². The predicted molar refractivity (Wildman–Crippen MR) is 115 cm³/mol. The van der Waals surface area contributed by atoms with Crippen LogP contribution in [0.2, 0.25) is 0 Å². The van der Waals surface area contributed by atoms with Crippen LogP contribution in [0.5, 0.6) is 0 Å². The van der Waals surface area contributed by atoms with Crippen molar-refractivity contribution in [1.29, 1.82) is 0 Å². The van der Waals surface area contributed by atoms with Gasteiger partial charge >= 0.3 is 6.18 Å². The molecule has 0 bridgehead atoms. The summed E-state index contributed by atoms with van der Waals surface area (Å²) in [6.07, 6.45) is 2.54. The van der Waals surface area contributed by atoms with Crippen molar-refractivity contribution in [1.82, 2.24) is 19.4 Å². The molecule has 1 atom stereocenters. The van der Waals surface area contributed by atoms with Crippen molar-refractivity contribution in [2.45, 2.75) is 50.2 Å². The van der Waals surface area contributed by atoms with Crippen molar-refractivity contribution >= 4 is 22.7 Å². The Hall–Kier alpha value is -2.39. The molecule has 0 spiro atoms. The first-order valence-electron chi connectivity index (χ1n) is 10.1. The van der Waals surface area contributed by atoms with E-state index < -0.39 is 17.3 Å². The molecule has 3 aromatic rings. The second-order valence-electron chi connectivity index (χ2n) is 7.87. The van der Waals surface area contributed by atoms with Crippen molar-refractivity contribution < 1.29 is 13.2 Å². The summed E-state index contributed by atoms with van der Waals surface area (Å²) in [4.78, 5) is 23.2. The minimum absolute atomic E-state index is 0.0756. The average molecular weight is 449 g/mol. The zero-order valence-electron chi connectivity index (χ0n) is 17.3. The number of aryl methyl sites for hydroxylation is 1. The molecule has 0 aliphatic carbocycles. The van der Waals surface area contributed by atoms with Gasteiger partial charge in [0, 0.05) is 48.5 Å². The maximum absolute atomic E-state index is 13.8. The summed E-state index contributed by atoms with van der Waals surface area (Å²) in [5, 5.41) is 1.00. The lowest BCUT2D eigenvalue weighted by Gasteiger charge is -2.28. The molecule has 164 valence electrons. The number of pyridine rings is 1. The molecule has 1 fully saturated rings. The number of likely N-dealkylation sites (tertiary alicyclic amines) is 1. The second-order valence-corrected chi connectivity index (χ2v) is 8.64. The van der Waals surface area contributed by atoms with E-state index in [1.165, 1.54) is 16.3 Å². The molecule has 1 aliphatic heterocycles. The molecule has 0 saturated carbocycles. The third-order valence-electron chi connectivity index (χ3n) is 5.70. The van der Waals surface area contributed by atoms with E-state index in [2.05, 4.69) is 14.9 Å². The first kappa shape index (κ1) is 21.8. The average Bonchev–Trinajstić information content (AvgIpc) is 3.16. The molecule has 3 heterocycles. The lowest BCUT2D eigenvalue weighted by molar-refractivity contribution is -0.144.